The number of hydrogen-bond acceptors (Lipinski definition) is 5. The first-order valence-corrected chi connectivity index (χ1v) is 4.67. The summed E-state index contributed by atoms with van der Waals surface area (Å²) in [6.45, 7) is 4.31. The Morgan fingerprint density at radius 3 is 3.21 bits per heavy atom. The maximum atomic E-state index is 4.11. The molecule has 0 radical (unpaired) electrons. The fourth-order valence-electron chi connectivity index (χ4n) is 0.930. The molecule has 0 aliphatic rings. The molecule has 0 saturated heterocycles. The van der Waals surface area contributed by atoms with Gasteiger partial charge >= 0.3 is 0 Å². The fourth-order valence-corrected chi connectivity index (χ4v) is 1.07. The van der Waals surface area contributed by atoms with Crippen LogP contribution in [0.4, 0.5) is 5.82 Å². The highest BCUT2D eigenvalue weighted by molar-refractivity contribution is 9.11. The Kier molecular flexibility index (Phi) is 2.40. The SMILES string of the molecule is C=C(Br)CNc1ccc2nnnn2n1. The van der Waals surface area contributed by atoms with Gasteiger partial charge in [-0.05, 0) is 22.6 Å². The van der Waals surface area contributed by atoms with Crippen LogP contribution in [0.3, 0.4) is 0 Å². The van der Waals surface area contributed by atoms with Crippen molar-refractivity contribution in [3.8, 4) is 0 Å². The molecule has 14 heavy (non-hydrogen) atoms. The Bertz CT molecular complexity index is 464. The van der Waals surface area contributed by atoms with Crippen molar-refractivity contribution >= 4 is 27.4 Å². The third kappa shape index (κ3) is 1.87. The average molecular weight is 255 g/mol. The van der Waals surface area contributed by atoms with Crippen LogP contribution >= 0.6 is 15.9 Å². The zero-order valence-electron chi connectivity index (χ0n) is 7.18. The standard InChI is InChI=1S/C7H7BrN6/c1-5(8)4-9-6-2-3-7-10-12-13-14(7)11-6/h2-3H,1,4H2,(H,9,11). The molecule has 0 spiro atoms. The van der Waals surface area contributed by atoms with Gasteiger partial charge in [-0.1, -0.05) is 22.5 Å². The molecule has 0 fully saturated rings. The number of tetrazole rings is 1. The van der Waals surface area contributed by atoms with Crippen LogP contribution < -0.4 is 5.32 Å². The lowest BCUT2D eigenvalue weighted by molar-refractivity contribution is 0.735. The van der Waals surface area contributed by atoms with Crippen LogP contribution in [0.2, 0.25) is 0 Å². The van der Waals surface area contributed by atoms with Gasteiger partial charge in [0.1, 0.15) is 5.82 Å². The summed E-state index contributed by atoms with van der Waals surface area (Å²) in [6.07, 6.45) is 0. The first-order valence-electron chi connectivity index (χ1n) is 3.88. The van der Waals surface area contributed by atoms with E-state index in [0.717, 1.165) is 4.48 Å². The van der Waals surface area contributed by atoms with E-state index >= 15 is 0 Å². The molecule has 0 amide bonds. The predicted octanol–water partition coefficient (Wildman–Crippen LogP) is 0.840. The van der Waals surface area contributed by atoms with Gasteiger partial charge < -0.3 is 5.32 Å². The Balaban J connectivity index is 2.21. The number of fused-ring (bicyclic) bond motifs is 1. The summed E-state index contributed by atoms with van der Waals surface area (Å²) < 4.78 is 2.22. The lowest BCUT2D eigenvalue weighted by Crippen LogP contribution is -2.05. The molecule has 0 saturated carbocycles. The van der Waals surface area contributed by atoms with Gasteiger partial charge in [-0.3, -0.25) is 0 Å². The number of aromatic nitrogens is 5. The van der Waals surface area contributed by atoms with Crippen molar-refractivity contribution < 1.29 is 0 Å². The van der Waals surface area contributed by atoms with Crippen molar-refractivity contribution in [1.29, 1.82) is 0 Å². The largest absolute Gasteiger partial charge is 0.364 e. The van der Waals surface area contributed by atoms with Gasteiger partial charge in [-0.15, -0.1) is 14.8 Å². The number of anilines is 1. The molecule has 2 rings (SSSR count). The van der Waals surface area contributed by atoms with Crippen molar-refractivity contribution in [2.24, 2.45) is 0 Å². The quantitative estimate of drug-likeness (QED) is 0.880. The van der Waals surface area contributed by atoms with Gasteiger partial charge in [0, 0.05) is 11.0 Å². The van der Waals surface area contributed by atoms with Crippen LogP contribution in [0.1, 0.15) is 0 Å². The van der Waals surface area contributed by atoms with E-state index < -0.39 is 0 Å². The zero-order valence-corrected chi connectivity index (χ0v) is 8.77. The van der Waals surface area contributed by atoms with Gasteiger partial charge in [0.15, 0.2) is 5.65 Å². The van der Waals surface area contributed by atoms with Crippen LogP contribution in [-0.4, -0.2) is 31.8 Å². The summed E-state index contributed by atoms with van der Waals surface area (Å²) in [5.74, 6) is 0.699. The molecule has 6 nitrogen and oxygen atoms in total. The second-order valence-electron chi connectivity index (χ2n) is 2.62. The van der Waals surface area contributed by atoms with E-state index in [1.807, 2.05) is 6.07 Å². The minimum atomic E-state index is 0.612. The number of rotatable bonds is 3. The Hall–Kier alpha value is -1.50. The summed E-state index contributed by atoms with van der Waals surface area (Å²) in [7, 11) is 0. The molecule has 0 aliphatic carbocycles. The zero-order chi connectivity index (χ0) is 9.97. The Labute approximate surface area is 88.1 Å². The first-order chi connectivity index (χ1) is 6.75. The van der Waals surface area contributed by atoms with Crippen LogP contribution in [0.25, 0.3) is 5.65 Å². The van der Waals surface area contributed by atoms with E-state index in [-0.39, 0.29) is 0 Å². The van der Waals surface area contributed by atoms with E-state index in [9.17, 15) is 0 Å². The smallest absolute Gasteiger partial charge is 0.200 e. The third-order valence-corrected chi connectivity index (χ3v) is 1.81. The number of hydrogen-bond donors (Lipinski definition) is 1. The Morgan fingerprint density at radius 2 is 2.43 bits per heavy atom. The van der Waals surface area contributed by atoms with Gasteiger partial charge in [-0.25, -0.2) is 0 Å². The van der Waals surface area contributed by atoms with E-state index in [1.165, 1.54) is 4.63 Å². The molecule has 0 unspecified atom stereocenters. The highest BCUT2D eigenvalue weighted by Gasteiger charge is 1.99. The minimum Gasteiger partial charge on any atom is -0.364 e. The predicted molar refractivity (Wildman–Crippen MR) is 55.1 cm³/mol. The normalized spacial score (nSPS) is 10.4. The second kappa shape index (κ2) is 3.70. The van der Waals surface area contributed by atoms with Crippen LogP contribution in [0.15, 0.2) is 23.2 Å². The van der Waals surface area contributed by atoms with Gasteiger partial charge in [0.2, 0.25) is 0 Å². The molecule has 0 aliphatic heterocycles. The number of halogens is 1. The maximum absolute atomic E-state index is 4.11. The van der Waals surface area contributed by atoms with Gasteiger partial charge in [0.05, 0.1) is 0 Å². The Morgan fingerprint density at radius 1 is 1.57 bits per heavy atom. The van der Waals surface area contributed by atoms with Crippen LogP contribution in [-0.2, 0) is 0 Å². The first kappa shape index (κ1) is 9.07. The van der Waals surface area contributed by atoms with E-state index in [2.05, 4.69) is 48.4 Å². The van der Waals surface area contributed by atoms with Crippen LogP contribution in [0.5, 0.6) is 0 Å². The average Bonchev–Trinajstić information content (AvgIpc) is 2.61. The molecule has 1 N–H and O–H groups in total. The van der Waals surface area contributed by atoms with Gasteiger partial charge in [-0.2, -0.15) is 0 Å². The fraction of sp³-hybridized carbons (Fsp3) is 0.143. The molecule has 2 aromatic rings. The van der Waals surface area contributed by atoms with Crippen molar-refractivity contribution in [3.05, 3.63) is 23.2 Å². The minimum absolute atomic E-state index is 0.612. The highest BCUT2D eigenvalue weighted by Crippen LogP contribution is 2.06. The molecule has 7 heteroatoms. The third-order valence-electron chi connectivity index (χ3n) is 1.53. The lowest BCUT2D eigenvalue weighted by Gasteiger charge is -2.02. The van der Waals surface area contributed by atoms with Crippen molar-refractivity contribution in [2.45, 2.75) is 0 Å². The van der Waals surface area contributed by atoms with Crippen LogP contribution in [0, 0.1) is 0 Å². The molecule has 0 bridgehead atoms. The summed E-state index contributed by atoms with van der Waals surface area (Å²) in [4.78, 5) is 0. The van der Waals surface area contributed by atoms with Crippen molar-refractivity contribution in [2.75, 3.05) is 11.9 Å². The number of nitrogens with zero attached hydrogens (tertiary/aromatic N) is 5. The van der Waals surface area contributed by atoms with Gasteiger partial charge in [0.25, 0.3) is 0 Å². The van der Waals surface area contributed by atoms with E-state index in [1.54, 1.807) is 6.07 Å². The molecule has 0 atom stereocenters. The second-order valence-corrected chi connectivity index (χ2v) is 3.74. The molecule has 2 heterocycles. The summed E-state index contributed by atoms with van der Waals surface area (Å²) >= 11 is 3.24. The summed E-state index contributed by atoms with van der Waals surface area (Å²) in [5.41, 5.74) is 0.619. The van der Waals surface area contributed by atoms with E-state index in [0.29, 0.717) is 18.0 Å². The molecular formula is C7H7BrN6. The van der Waals surface area contributed by atoms with Crippen molar-refractivity contribution in [3.63, 3.8) is 0 Å². The molecule has 2 aromatic heterocycles. The molecule has 0 aromatic carbocycles. The molecular weight excluding hydrogens is 248 g/mol. The van der Waals surface area contributed by atoms with Crippen molar-refractivity contribution in [1.82, 2.24) is 25.3 Å². The maximum Gasteiger partial charge on any atom is 0.200 e. The lowest BCUT2D eigenvalue weighted by atomic mass is 10.5. The summed E-state index contributed by atoms with van der Waals surface area (Å²) in [5, 5.41) is 18.1. The highest BCUT2D eigenvalue weighted by atomic mass is 79.9. The molecule has 72 valence electrons. The monoisotopic (exact) mass is 254 g/mol. The van der Waals surface area contributed by atoms with E-state index in [4.69, 9.17) is 0 Å². The number of nitrogens with one attached hydrogen (secondary N) is 1. The summed E-state index contributed by atoms with van der Waals surface area (Å²) in [6, 6.07) is 3.59. The topological polar surface area (TPSA) is 68.0 Å².